The molecule has 0 radical (unpaired) electrons. The van der Waals surface area contributed by atoms with Crippen LogP contribution in [0.1, 0.15) is 10.4 Å². The smallest absolute Gasteiger partial charge is 0.269 e. The number of amides is 1. The SMILES string of the molecule is O=C(Nc1ccc2nc(-c3ccncc3)oc2c1)c1ccc([N+](=O)[O-])cc1. The minimum absolute atomic E-state index is 0.0710. The van der Waals surface area contributed by atoms with E-state index < -0.39 is 4.92 Å². The van der Waals surface area contributed by atoms with Gasteiger partial charge in [0.1, 0.15) is 5.52 Å². The number of benzene rings is 2. The normalized spacial score (nSPS) is 10.7. The van der Waals surface area contributed by atoms with E-state index in [1.54, 1.807) is 42.7 Å². The number of nitro benzene ring substituents is 1. The van der Waals surface area contributed by atoms with Gasteiger partial charge in [0, 0.05) is 47.4 Å². The van der Waals surface area contributed by atoms with E-state index in [4.69, 9.17) is 4.42 Å². The van der Waals surface area contributed by atoms with Crippen LogP contribution in [0.4, 0.5) is 11.4 Å². The second kappa shape index (κ2) is 6.68. The molecule has 1 N–H and O–H groups in total. The minimum Gasteiger partial charge on any atom is -0.436 e. The van der Waals surface area contributed by atoms with Crippen molar-refractivity contribution in [1.29, 1.82) is 0 Å². The van der Waals surface area contributed by atoms with E-state index in [0.29, 0.717) is 28.2 Å². The summed E-state index contributed by atoms with van der Waals surface area (Å²) in [6, 6.07) is 14.1. The van der Waals surface area contributed by atoms with Crippen molar-refractivity contribution in [1.82, 2.24) is 9.97 Å². The van der Waals surface area contributed by atoms with Gasteiger partial charge in [-0.15, -0.1) is 0 Å². The lowest BCUT2D eigenvalue weighted by molar-refractivity contribution is -0.384. The standard InChI is InChI=1S/C19H12N4O4/c24-18(12-1-4-15(5-2-12)23(25)26)21-14-3-6-16-17(11-14)27-19(22-16)13-7-9-20-10-8-13/h1-11H,(H,21,24). The van der Waals surface area contributed by atoms with Gasteiger partial charge in [-0.25, -0.2) is 4.98 Å². The average molecular weight is 360 g/mol. The number of hydrogen-bond donors (Lipinski definition) is 1. The molecule has 8 heteroatoms. The number of nitro groups is 1. The largest absolute Gasteiger partial charge is 0.436 e. The second-order valence-corrected chi connectivity index (χ2v) is 5.70. The molecule has 0 saturated carbocycles. The van der Waals surface area contributed by atoms with Gasteiger partial charge in [-0.1, -0.05) is 0 Å². The van der Waals surface area contributed by atoms with E-state index in [1.807, 2.05) is 0 Å². The maximum atomic E-state index is 12.3. The Morgan fingerprint density at radius 1 is 1.04 bits per heavy atom. The molecular formula is C19H12N4O4. The number of oxazole rings is 1. The third kappa shape index (κ3) is 3.36. The fraction of sp³-hybridized carbons (Fsp3) is 0. The molecule has 8 nitrogen and oxygen atoms in total. The first-order valence-electron chi connectivity index (χ1n) is 7.97. The zero-order chi connectivity index (χ0) is 18.8. The molecule has 0 spiro atoms. The van der Waals surface area contributed by atoms with E-state index in [2.05, 4.69) is 15.3 Å². The highest BCUT2D eigenvalue weighted by molar-refractivity contribution is 6.05. The molecule has 0 bridgehead atoms. The summed E-state index contributed by atoms with van der Waals surface area (Å²) in [7, 11) is 0. The van der Waals surface area contributed by atoms with Gasteiger partial charge in [0.25, 0.3) is 11.6 Å². The number of fused-ring (bicyclic) bond motifs is 1. The summed E-state index contributed by atoms with van der Waals surface area (Å²) in [4.78, 5) is 30.9. The Morgan fingerprint density at radius 2 is 1.78 bits per heavy atom. The lowest BCUT2D eigenvalue weighted by Crippen LogP contribution is -2.11. The number of nitrogens with one attached hydrogen (secondary N) is 1. The summed E-state index contributed by atoms with van der Waals surface area (Å²) >= 11 is 0. The van der Waals surface area contributed by atoms with Crippen LogP contribution >= 0.6 is 0 Å². The molecular weight excluding hydrogens is 348 g/mol. The number of carbonyl (C=O) groups is 1. The summed E-state index contributed by atoms with van der Waals surface area (Å²) < 4.78 is 5.76. The lowest BCUT2D eigenvalue weighted by atomic mass is 10.2. The molecule has 27 heavy (non-hydrogen) atoms. The van der Waals surface area contributed by atoms with Crippen LogP contribution in [0.25, 0.3) is 22.6 Å². The van der Waals surface area contributed by atoms with Crippen molar-refractivity contribution < 1.29 is 14.1 Å². The molecule has 0 saturated heterocycles. The highest BCUT2D eigenvalue weighted by Crippen LogP contribution is 2.26. The zero-order valence-corrected chi connectivity index (χ0v) is 13.8. The Kier molecular flexibility index (Phi) is 4.06. The molecule has 0 aliphatic heterocycles. The number of non-ortho nitro benzene ring substituents is 1. The number of rotatable bonds is 4. The quantitative estimate of drug-likeness (QED) is 0.434. The molecule has 0 aliphatic rings. The summed E-state index contributed by atoms with van der Waals surface area (Å²) in [5.41, 5.74) is 2.77. The molecule has 0 atom stereocenters. The van der Waals surface area contributed by atoms with Gasteiger partial charge < -0.3 is 9.73 Å². The van der Waals surface area contributed by atoms with Gasteiger partial charge in [-0.2, -0.15) is 0 Å². The Bertz CT molecular complexity index is 1140. The monoisotopic (exact) mass is 360 g/mol. The number of aromatic nitrogens is 2. The van der Waals surface area contributed by atoms with Crippen LogP contribution in [0.15, 0.2) is 71.4 Å². The Hall–Kier alpha value is -4.07. The van der Waals surface area contributed by atoms with Gasteiger partial charge in [-0.05, 0) is 36.4 Å². The number of pyridine rings is 1. The first-order chi connectivity index (χ1) is 13.1. The Labute approximate surface area is 152 Å². The third-order valence-corrected chi connectivity index (χ3v) is 3.91. The van der Waals surface area contributed by atoms with Gasteiger partial charge in [0.15, 0.2) is 5.58 Å². The van der Waals surface area contributed by atoms with Crippen molar-refractivity contribution in [3.05, 3.63) is 82.7 Å². The van der Waals surface area contributed by atoms with E-state index in [1.165, 1.54) is 24.3 Å². The van der Waals surface area contributed by atoms with E-state index in [9.17, 15) is 14.9 Å². The first-order valence-corrected chi connectivity index (χ1v) is 7.97. The van der Waals surface area contributed by atoms with E-state index in [0.717, 1.165) is 5.56 Å². The molecule has 0 aliphatic carbocycles. The topological polar surface area (TPSA) is 111 Å². The number of anilines is 1. The Morgan fingerprint density at radius 3 is 2.48 bits per heavy atom. The first kappa shape index (κ1) is 16.4. The highest BCUT2D eigenvalue weighted by Gasteiger charge is 2.12. The van der Waals surface area contributed by atoms with E-state index in [-0.39, 0.29) is 11.6 Å². The van der Waals surface area contributed by atoms with Crippen LogP contribution in [0.5, 0.6) is 0 Å². The number of carbonyl (C=O) groups excluding carboxylic acids is 1. The maximum absolute atomic E-state index is 12.3. The average Bonchev–Trinajstić information content (AvgIpc) is 3.12. The van der Waals surface area contributed by atoms with Gasteiger partial charge in [0.05, 0.1) is 4.92 Å². The number of nitrogens with zero attached hydrogens (tertiary/aromatic N) is 3. The molecule has 1 amide bonds. The summed E-state index contributed by atoms with van der Waals surface area (Å²) in [6.07, 6.45) is 3.31. The third-order valence-electron chi connectivity index (χ3n) is 3.91. The Balaban J connectivity index is 1.57. The second-order valence-electron chi connectivity index (χ2n) is 5.70. The predicted octanol–water partition coefficient (Wildman–Crippen LogP) is 4.05. The molecule has 2 aromatic heterocycles. The molecule has 2 heterocycles. The molecule has 0 unspecified atom stereocenters. The van der Waals surface area contributed by atoms with Gasteiger partial charge >= 0.3 is 0 Å². The zero-order valence-electron chi connectivity index (χ0n) is 13.8. The van der Waals surface area contributed by atoms with Crippen LogP contribution in [-0.2, 0) is 0 Å². The lowest BCUT2D eigenvalue weighted by Gasteiger charge is -2.04. The maximum Gasteiger partial charge on any atom is 0.269 e. The fourth-order valence-electron chi connectivity index (χ4n) is 2.56. The van der Waals surface area contributed by atoms with Crippen LogP contribution in [0, 0.1) is 10.1 Å². The van der Waals surface area contributed by atoms with Crippen LogP contribution in [0.2, 0.25) is 0 Å². The van der Waals surface area contributed by atoms with Crippen molar-refractivity contribution in [2.75, 3.05) is 5.32 Å². The predicted molar refractivity (Wildman–Crippen MR) is 98.3 cm³/mol. The molecule has 0 fully saturated rings. The van der Waals surface area contributed by atoms with Crippen molar-refractivity contribution >= 4 is 28.4 Å². The minimum atomic E-state index is -0.514. The van der Waals surface area contributed by atoms with Gasteiger partial charge in [-0.3, -0.25) is 19.9 Å². The summed E-state index contributed by atoms with van der Waals surface area (Å²) in [5.74, 6) is 0.0874. The van der Waals surface area contributed by atoms with Crippen molar-refractivity contribution in [2.24, 2.45) is 0 Å². The number of hydrogen-bond acceptors (Lipinski definition) is 6. The van der Waals surface area contributed by atoms with Crippen molar-refractivity contribution in [3.63, 3.8) is 0 Å². The molecule has 4 aromatic rings. The van der Waals surface area contributed by atoms with Crippen molar-refractivity contribution in [2.45, 2.75) is 0 Å². The molecule has 132 valence electrons. The fourth-order valence-corrected chi connectivity index (χ4v) is 2.56. The van der Waals surface area contributed by atoms with Gasteiger partial charge in [0.2, 0.25) is 5.89 Å². The summed E-state index contributed by atoms with van der Waals surface area (Å²) in [5, 5.41) is 13.4. The van der Waals surface area contributed by atoms with Crippen molar-refractivity contribution in [3.8, 4) is 11.5 Å². The van der Waals surface area contributed by atoms with Crippen LogP contribution < -0.4 is 5.32 Å². The van der Waals surface area contributed by atoms with Crippen LogP contribution in [-0.4, -0.2) is 20.8 Å². The summed E-state index contributed by atoms with van der Waals surface area (Å²) in [6.45, 7) is 0. The van der Waals surface area contributed by atoms with E-state index >= 15 is 0 Å². The highest BCUT2D eigenvalue weighted by atomic mass is 16.6. The van der Waals surface area contributed by atoms with Crippen LogP contribution in [0.3, 0.4) is 0 Å². The molecule has 4 rings (SSSR count). The molecule has 2 aromatic carbocycles.